The van der Waals surface area contributed by atoms with Gasteiger partial charge < -0.3 is 20.9 Å². The minimum atomic E-state index is -0.571. The molecule has 0 saturated carbocycles. The molecule has 2 amide bonds. The van der Waals surface area contributed by atoms with Crippen LogP contribution >= 0.6 is 0 Å². The highest BCUT2D eigenvalue weighted by molar-refractivity contribution is 6.09. The number of nitrogens with one attached hydrogen (secondary N) is 3. The third-order valence-electron chi connectivity index (χ3n) is 8.36. The first kappa shape index (κ1) is 32.2. The Kier molecular flexibility index (Phi) is 9.72. The SMILES string of the molecule is CNC(=O)c1cccc(-c2cnc(NC(=O)[C@H](C)NC)c(=O)n2Cc2cc(C(=O)c3ccc(F)cc3)cc(N3CCCC3)c2)c1C. The fourth-order valence-corrected chi connectivity index (χ4v) is 5.60. The number of halogens is 1. The van der Waals surface area contributed by atoms with Gasteiger partial charge in [0.2, 0.25) is 5.91 Å². The fourth-order valence-electron chi connectivity index (χ4n) is 5.60. The Morgan fingerprint density at radius 3 is 2.37 bits per heavy atom. The summed E-state index contributed by atoms with van der Waals surface area (Å²) < 4.78 is 15.1. The van der Waals surface area contributed by atoms with Gasteiger partial charge in [0.25, 0.3) is 11.5 Å². The molecular formula is C35H37FN6O4. The molecule has 238 valence electrons. The smallest absolute Gasteiger partial charge is 0.294 e. The number of amides is 2. The van der Waals surface area contributed by atoms with E-state index in [1.54, 1.807) is 52.2 Å². The zero-order valence-corrected chi connectivity index (χ0v) is 26.3. The van der Waals surface area contributed by atoms with E-state index in [-0.39, 0.29) is 24.1 Å². The van der Waals surface area contributed by atoms with Gasteiger partial charge >= 0.3 is 0 Å². The van der Waals surface area contributed by atoms with Gasteiger partial charge in [-0.15, -0.1) is 0 Å². The van der Waals surface area contributed by atoms with E-state index in [0.717, 1.165) is 31.6 Å². The van der Waals surface area contributed by atoms with Crippen molar-refractivity contribution in [1.82, 2.24) is 20.2 Å². The number of rotatable bonds is 10. The van der Waals surface area contributed by atoms with Crippen molar-refractivity contribution in [3.05, 3.63) is 111 Å². The van der Waals surface area contributed by atoms with Crippen molar-refractivity contribution in [2.75, 3.05) is 37.4 Å². The number of likely N-dealkylation sites (N-methyl/N-ethyl adjacent to an activating group) is 1. The summed E-state index contributed by atoms with van der Waals surface area (Å²) in [6.45, 7) is 5.17. The number of carbonyl (C=O) groups is 3. The molecule has 1 aliphatic heterocycles. The van der Waals surface area contributed by atoms with Crippen LogP contribution in [0.15, 0.2) is 71.7 Å². The lowest BCUT2D eigenvalue weighted by atomic mass is 9.98. The lowest BCUT2D eigenvalue weighted by Gasteiger charge is -2.21. The van der Waals surface area contributed by atoms with Gasteiger partial charge in [0.15, 0.2) is 11.6 Å². The van der Waals surface area contributed by atoms with E-state index in [1.807, 2.05) is 12.1 Å². The predicted molar refractivity (Wildman–Crippen MR) is 176 cm³/mol. The zero-order chi connectivity index (χ0) is 33.0. The van der Waals surface area contributed by atoms with Crippen molar-refractivity contribution in [3.8, 4) is 11.3 Å². The number of benzene rings is 3. The van der Waals surface area contributed by atoms with Gasteiger partial charge in [-0.1, -0.05) is 12.1 Å². The molecule has 3 aromatic carbocycles. The Balaban J connectivity index is 1.66. The van der Waals surface area contributed by atoms with Crippen LogP contribution in [0.5, 0.6) is 0 Å². The summed E-state index contributed by atoms with van der Waals surface area (Å²) in [5.74, 6) is -1.54. The van der Waals surface area contributed by atoms with Crippen LogP contribution < -0.4 is 26.4 Å². The second-order valence-electron chi connectivity index (χ2n) is 11.4. The molecule has 1 aromatic heterocycles. The molecule has 0 radical (unpaired) electrons. The molecule has 3 N–H and O–H groups in total. The molecule has 4 aromatic rings. The van der Waals surface area contributed by atoms with Crippen molar-refractivity contribution in [2.24, 2.45) is 0 Å². The minimum Gasteiger partial charge on any atom is -0.372 e. The van der Waals surface area contributed by atoms with Gasteiger partial charge in [0.1, 0.15) is 5.82 Å². The highest BCUT2D eigenvalue weighted by Gasteiger charge is 2.22. The van der Waals surface area contributed by atoms with Crippen molar-refractivity contribution in [2.45, 2.75) is 39.3 Å². The summed E-state index contributed by atoms with van der Waals surface area (Å²) in [5.41, 5.74) is 3.87. The van der Waals surface area contributed by atoms with Crippen LogP contribution in [0.3, 0.4) is 0 Å². The van der Waals surface area contributed by atoms with Gasteiger partial charge in [-0.05, 0) is 93.4 Å². The molecule has 1 aliphatic rings. The van der Waals surface area contributed by atoms with Crippen LogP contribution in [0, 0.1) is 12.7 Å². The van der Waals surface area contributed by atoms with E-state index in [1.165, 1.54) is 35.0 Å². The standard InChI is InChI=1S/C35H37FN6O4/c1-21-28(8-7-9-29(21)34(45)38-4)30-19-39-32(40-33(44)22(2)37-3)35(46)42(30)20-23-16-25(18-27(17-23)41-14-5-6-15-41)31(43)24-10-12-26(36)13-11-24/h7-13,16-19,22,37H,5-6,14-15,20H2,1-4H3,(H,38,45)(H,39,40,44)/t22-/m0/s1. The van der Waals surface area contributed by atoms with Crippen LogP contribution in [0.25, 0.3) is 11.3 Å². The summed E-state index contributed by atoms with van der Waals surface area (Å²) in [5, 5.41) is 8.12. The van der Waals surface area contributed by atoms with Crippen molar-refractivity contribution in [3.63, 3.8) is 0 Å². The van der Waals surface area contributed by atoms with Gasteiger partial charge in [0, 0.05) is 48.1 Å². The largest absolute Gasteiger partial charge is 0.372 e. The van der Waals surface area contributed by atoms with Gasteiger partial charge in [-0.25, -0.2) is 9.37 Å². The first-order valence-corrected chi connectivity index (χ1v) is 15.2. The summed E-state index contributed by atoms with van der Waals surface area (Å²) in [4.78, 5) is 59.6. The van der Waals surface area contributed by atoms with Crippen molar-refractivity contribution < 1.29 is 18.8 Å². The van der Waals surface area contributed by atoms with E-state index < -0.39 is 23.3 Å². The third-order valence-corrected chi connectivity index (χ3v) is 8.36. The average molecular weight is 625 g/mol. The molecule has 0 spiro atoms. The van der Waals surface area contributed by atoms with Crippen LogP contribution in [-0.4, -0.2) is 60.4 Å². The molecule has 1 fully saturated rings. The summed E-state index contributed by atoms with van der Waals surface area (Å²) in [6.07, 6.45) is 3.55. The molecule has 0 aliphatic carbocycles. The monoisotopic (exact) mass is 624 g/mol. The Labute approximate surface area is 266 Å². The first-order valence-electron chi connectivity index (χ1n) is 15.2. The maximum Gasteiger partial charge on any atom is 0.294 e. The maximum absolute atomic E-state index is 14.1. The topological polar surface area (TPSA) is 125 Å². The summed E-state index contributed by atoms with van der Waals surface area (Å²) in [6, 6.07) is 15.6. The fraction of sp³-hybridized carbons (Fsp3) is 0.286. The molecular weight excluding hydrogens is 587 g/mol. The quantitative estimate of drug-likeness (QED) is 0.227. The highest BCUT2D eigenvalue weighted by Crippen LogP contribution is 2.29. The molecule has 46 heavy (non-hydrogen) atoms. The molecule has 1 atom stereocenters. The van der Waals surface area contributed by atoms with Crippen molar-refractivity contribution in [1.29, 1.82) is 0 Å². The lowest BCUT2D eigenvalue weighted by Crippen LogP contribution is -2.38. The molecule has 0 bridgehead atoms. The Morgan fingerprint density at radius 1 is 0.978 bits per heavy atom. The Morgan fingerprint density at radius 2 is 1.70 bits per heavy atom. The maximum atomic E-state index is 14.1. The molecule has 2 heterocycles. The average Bonchev–Trinajstić information content (AvgIpc) is 3.61. The predicted octanol–water partition coefficient (Wildman–Crippen LogP) is 4.14. The number of carbonyl (C=O) groups excluding carboxylic acids is 3. The van der Waals surface area contributed by atoms with E-state index in [4.69, 9.17) is 0 Å². The van der Waals surface area contributed by atoms with E-state index in [9.17, 15) is 23.6 Å². The van der Waals surface area contributed by atoms with Gasteiger partial charge in [0.05, 0.1) is 24.5 Å². The van der Waals surface area contributed by atoms with Crippen LogP contribution in [-0.2, 0) is 11.3 Å². The summed E-state index contributed by atoms with van der Waals surface area (Å²) >= 11 is 0. The number of nitrogens with zero attached hydrogens (tertiary/aromatic N) is 3. The Hall–Kier alpha value is -5.16. The normalized spacial score (nSPS) is 13.4. The molecule has 0 unspecified atom stereocenters. The Bertz CT molecular complexity index is 1850. The van der Waals surface area contributed by atoms with Gasteiger partial charge in [-0.2, -0.15) is 0 Å². The van der Waals surface area contributed by atoms with E-state index in [2.05, 4.69) is 25.8 Å². The minimum absolute atomic E-state index is 0.0379. The van der Waals surface area contributed by atoms with E-state index >= 15 is 0 Å². The second-order valence-corrected chi connectivity index (χ2v) is 11.4. The molecule has 11 heteroatoms. The number of aromatic nitrogens is 2. The number of ketones is 1. The highest BCUT2D eigenvalue weighted by atomic mass is 19.1. The van der Waals surface area contributed by atoms with Crippen LogP contribution in [0.4, 0.5) is 15.9 Å². The zero-order valence-electron chi connectivity index (χ0n) is 26.3. The molecule has 5 rings (SSSR count). The molecule has 10 nitrogen and oxygen atoms in total. The lowest BCUT2D eigenvalue weighted by molar-refractivity contribution is -0.117. The summed E-state index contributed by atoms with van der Waals surface area (Å²) in [7, 11) is 3.19. The van der Waals surface area contributed by atoms with Crippen LogP contribution in [0.2, 0.25) is 0 Å². The van der Waals surface area contributed by atoms with Crippen LogP contribution in [0.1, 0.15) is 57.2 Å². The van der Waals surface area contributed by atoms with E-state index in [0.29, 0.717) is 39.1 Å². The number of hydrogen-bond acceptors (Lipinski definition) is 7. The first-order chi connectivity index (χ1) is 22.1. The second kappa shape index (κ2) is 13.9. The third kappa shape index (κ3) is 6.74. The number of anilines is 2. The number of hydrogen-bond donors (Lipinski definition) is 3. The molecule has 1 saturated heterocycles. The van der Waals surface area contributed by atoms with Gasteiger partial charge in [-0.3, -0.25) is 23.7 Å². The van der Waals surface area contributed by atoms with Crippen molar-refractivity contribution >= 4 is 29.1 Å².